The Morgan fingerprint density at radius 3 is 2.35 bits per heavy atom. The van der Waals surface area contributed by atoms with E-state index in [9.17, 15) is 9.18 Å². The molecule has 1 heterocycles. The summed E-state index contributed by atoms with van der Waals surface area (Å²) in [6.07, 6.45) is 2.23. The van der Waals surface area contributed by atoms with E-state index in [1.807, 2.05) is 0 Å². The molecule has 0 spiro atoms. The Balaban J connectivity index is 1.56. The molecule has 1 aliphatic rings. The van der Waals surface area contributed by atoms with Crippen LogP contribution >= 0.6 is 12.2 Å². The molecular weight excluding hydrogens is 351 g/mol. The molecule has 0 aromatic heterocycles. The summed E-state index contributed by atoms with van der Waals surface area (Å²) in [6, 6.07) is 12.4. The standard InChI is InChI=1S/C20H21FN2O2S/c1-14-10-12-23(13-11-14)20(26)25-18-8-2-15(3-9-18)19(24)22-17-6-4-16(21)5-7-17/h2-9,14H,10-13H2,1H3,(H,22,24). The lowest BCUT2D eigenvalue weighted by Crippen LogP contribution is -2.39. The van der Waals surface area contributed by atoms with Crippen molar-refractivity contribution < 1.29 is 13.9 Å². The van der Waals surface area contributed by atoms with Crippen LogP contribution in [0.4, 0.5) is 10.1 Å². The van der Waals surface area contributed by atoms with Crippen molar-refractivity contribution in [1.29, 1.82) is 0 Å². The summed E-state index contributed by atoms with van der Waals surface area (Å²) < 4.78 is 18.6. The Morgan fingerprint density at radius 1 is 1.12 bits per heavy atom. The third-order valence-corrected chi connectivity index (χ3v) is 4.81. The highest BCUT2D eigenvalue weighted by molar-refractivity contribution is 7.80. The maximum Gasteiger partial charge on any atom is 0.264 e. The molecule has 0 unspecified atom stereocenters. The monoisotopic (exact) mass is 372 g/mol. The van der Waals surface area contributed by atoms with Gasteiger partial charge in [0.25, 0.3) is 11.1 Å². The average molecular weight is 372 g/mol. The van der Waals surface area contributed by atoms with Crippen LogP contribution in [0.15, 0.2) is 48.5 Å². The molecule has 136 valence electrons. The molecule has 1 saturated heterocycles. The lowest BCUT2D eigenvalue weighted by molar-refractivity contribution is 0.102. The van der Waals surface area contributed by atoms with Gasteiger partial charge in [-0.1, -0.05) is 6.92 Å². The van der Waals surface area contributed by atoms with Crippen LogP contribution in [0.3, 0.4) is 0 Å². The predicted molar refractivity (Wildman–Crippen MR) is 104 cm³/mol. The van der Waals surface area contributed by atoms with Gasteiger partial charge in [0.05, 0.1) is 0 Å². The highest BCUT2D eigenvalue weighted by Gasteiger charge is 2.19. The molecule has 26 heavy (non-hydrogen) atoms. The summed E-state index contributed by atoms with van der Waals surface area (Å²) in [4.78, 5) is 14.3. The maximum atomic E-state index is 12.9. The van der Waals surface area contributed by atoms with E-state index in [0.717, 1.165) is 31.8 Å². The van der Waals surface area contributed by atoms with Crippen LogP contribution in [0.1, 0.15) is 30.1 Å². The molecular formula is C20H21FN2O2S. The van der Waals surface area contributed by atoms with Crippen molar-refractivity contribution in [2.24, 2.45) is 5.92 Å². The fourth-order valence-electron chi connectivity index (χ4n) is 2.77. The lowest BCUT2D eigenvalue weighted by atomic mass is 10.00. The number of benzene rings is 2. The van der Waals surface area contributed by atoms with Crippen LogP contribution in [-0.2, 0) is 0 Å². The van der Waals surface area contributed by atoms with E-state index in [1.54, 1.807) is 24.3 Å². The van der Waals surface area contributed by atoms with Crippen molar-refractivity contribution in [3.63, 3.8) is 0 Å². The van der Waals surface area contributed by atoms with Crippen LogP contribution in [0.2, 0.25) is 0 Å². The minimum atomic E-state index is -0.344. The Labute approximate surface area is 158 Å². The van der Waals surface area contributed by atoms with E-state index < -0.39 is 0 Å². The number of carbonyl (C=O) groups excluding carboxylic acids is 1. The van der Waals surface area contributed by atoms with Gasteiger partial charge in [0.2, 0.25) is 0 Å². The number of nitrogens with zero attached hydrogens (tertiary/aromatic N) is 1. The maximum absolute atomic E-state index is 12.9. The van der Waals surface area contributed by atoms with Crippen LogP contribution in [-0.4, -0.2) is 29.1 Å². The van der Waals surface area contributed by atoms with Crippen molar-refractivity contribution in [2.75, 3.05) is 18.4 Å². The topological polar surface area (TPSA) is 41.6 Å². The van der Waals surface area contributed by atoms with E-state index in [4.69, 9.17) is 17.0 Å². The van der Waals surface area contributed by atoms with Crippen LogP contribution in [0.25, 0.3) is 0 Å². The predicted octanol–water partition coefficient (Wildman–Crippen LogP) is 4.47. The molecule has 0 bridgehead atoms. The molecule has 6 heteroatoms. The number of hydrogen-bond acceptors (Lipinski definition) is 3. The zero-order valence-corrected chi connectivity index (χ0v) is 15.4. The summed E-state index contributed by atoms with van der Waals surface area (Å²) in [5.74, 6) is 0.722. The number of carbonyl (C=O) groups is 1. The minimum Gasteiger partial charge on any atom is -0.432 e. The number of likely N-dealkylation sites (tertiary alicyclic amines) is 1. The van der Waals surface area contributed by atoms with Crippen molar-refractivity contribution in [3.05, 3.63) is 59.9 Å². The average Bonchev–Trinajstić information content (AvgIpc) is 2.64. The number of halogens is 1. The summed E-state index contributed by atoms with van der Waals surface area (Å²) in [5, 5.41) is 3.19. The molecule has 1 fully saturated rings. The molecule has 0 saturated carbocycles. The van der Waals surface area contributed by atoms with Crippen molar-refractivity contribution in [1.82, 2.24) is 4.90 Å². The van der Waals surface area contributed by atoms with Gasteiger partial charge in [-0.25, -0.2) is 4.39 Å². The third kappa shape index (κ3) is 4.79. The van der Waals surface area contributed by atoms with Gasteiger partial charge in [-0.2, -0.15) is 0 Å². The second-order valence-electron chi connectivity index (χ2n) is 6.52. The molecule has 4 nitrogen and oxygen atoms in total. The molecule has 3 rings (SSSR count). The second kappa shape index (κ2) is 8.27. The molecule has 0 aliphatic carbocycles. The van der Waals surface area contributed by atoms with Gasteiger partial charge >= 0.3 is 0 Å². The van der Waals surface area contributed by atoms with E-state index >= 15 is 0 Å². The van der Waals surface area contributed by atoms with Crippen LogP contribution < -0.4 is 10.1 Å². The van der Waals surface area contributed by atoms with Gasteiger partial charge in [-0.3, -0.25) is 4.79 Å². The molecule has 1 amide bonds. The normalized spacial score (nSPS) is 14.8. The first kappa shape index (κ1) is 18.3. The number of anilines is 1. The number of nitrogens with one attached hydrogen (secondary N) is 1. The van der Waals surface area contributed by atoms with Gasteiger partial charge in [0.15, 0.2) is 0 Å². The molecule has 0 radical (unpaired) electrons. The highest BCUT2D eigenvalue weighted by Crippen LogP contribution is 2.19. The molecule has 2 aromatic rings. The number of hydrogen-bond donors (Lipinski definition) is 1. The zero-order chi connectivity index (χ0) is 18.5. The van der Waals surface area contributed by atoms with Crippen molar-refractivity contribution in [3.8, 4) is 5.75 Å². The van der Waals surface area contributed by atoms with E-state index in [2.05, 4.69) is 17.1 Å². The number of thiocarbonyl (C=S) groups is 1. The Hall–Kier alpha value is -2.47. The highest BCUT2D eigenvalue weighted by atomic mass is 32.1. The van der Waals surface area contributed by atoms with Crippen molar-refractivity contribution in [2.45, 2.75) is 19.8 Å². The van der Waals surface area contributed by atoms with E-state index in [1.165, 1.54) is 24.3 Å². The Kier molecular flexibility index (Phi) is 5.83. The molecule has 0 atom stereocenters. The van der Waals surface area contributed by atoms with E-state index in [0.29, 0.717) is 22.2 Å². The van der Waals surface area contributed by atoms with Gasteiger partial charge in [0, 0.05) is 24.3 Å². The zero-order valence-electron chi connectivity index (χ0n) is 14.6. The first-order valence-corrected chi connectivity index (χ1v) is 9.06. The van der Waals surface area contributed by atoms with Gasteiger partial charge in [0.1, 0.15) is 11.6 Å². The van der Waals surface area contributed by atoms with Crippen LogP contribution in [0, 0.1) is 11.7 Å². The summed E-state index contributed by atoms with van der Waals surface area (Å²) in [7, 11) is 0. The number of piperidine rings is 1. The quantitative estimate of drug-likeness (QED) is 0.807. The number of amides is 1. The number of ether oxygens (including phenoxy) is 1. The van der Waals surface area contributed by atoms with Gasteiger partial charge < -0.3 is 15.0 Å². The fourth-order valence-corrected chi connectivity index (χ4v) is 3.05. The van der Waals surface area contributed by atoms with Gasteiger partial charge in [-0.05, 0) is 79.5 Å². The Morgan fingerprint density at radius 2 is 1.73 bits per heavy atom. The lowest BCUT2D eigenvalue weighted by Gasteiger charge is -2.31. The minimum absolute atomic E-state index is 0.268. The summed E-state index contributed by atoms with van der Waals surface area (Å²) in [5.41, 5.74) is 1.02. The van der Waals surface area contributed by atoms with Gasteiger partial charge in [-0.15, -0.1) is 0 Å². The Bertz CT molecular complexity index is 769. The van der Waals surface area contributed by atoms with Crippen LogP contribution in [0.5, 0.6) is 5.75 Å². The summed E-state index contributed by atoms with van der Waals surface area (Å²) >= 11 is 5.37. The summed E-state index contributed by atoms with van der Waals surface area (Å²) in [6.45, 7) is 4.08. The fraction of sp³-hybridized carbons (Fsp3) is 0.300. The largest absolute Gasteiger partial charge is 0.432 e. The van der Waals surface area contributed by atoms with Crippen molar-refractivity contribution >= 4 is 29.0 Å². The first-order chi connectivity index (χ1) is 12.5. The second-order valence-corrected chi connectivity index (χ2v) is 6.87. The molecule has 1 N–H and O–H groups in total. The smallest absolute Gasteiger partial charge is 0.264 e. The SMILES string of the molecule is CC1CCN(C(=S)Oc2ccc(C(=O)Nc3ccc(F)cc3)cc2)CC1. The first-order valence-electron chi connectivity index (χ1n) is 8.65. The third-order valence-electron chi connectivity index (χ3n) is 4.47. The molecule has 1 aliphatic heterocycles. The number of rotatable bonds is 3. The van der Waals surface area contributed by atoms with E-state index in [-0.39, 0.29) is 11.7 Å². The molecule has 2 aromatic carbocycles.